The molecule has 0 radical (unpaired) electrons. The molecule has 4 N–H and O–H groups in total. The molecule has 0 aromatic heterocycles. The Morgan fingerprint density at radius 3 is 1.76 bits per heavy atom. The fourth-order valence-corrected chi connectivity index (χ4v) is 6.65. The lowest BCUT2D eigenvalue weighted by molar-refractivity contribution is -0.122. The Morgan fingerprint density at radius 2 is 1.15 bits per heavy atom. The van der Waals surface area contributed by atoms with E-state index in [9.17, 15) is 19.2 Å². The van der Waals surface area contributed by atoms with Gasteiger partial charge in [-0.2, -0.15) is 0 Å². The van der Waals surface area contributed by atoms with E-state index in [1.807, 2.05) is 84.9 Å². The number of nitrogens with one attached hydrogen (secondary N) is 4. The quantitative estimate of drug-likeness (QED) is 0.0919. The SMILES string of the molecule is O=C(CCSSCC(NC(=O)c1ccccc1)C(=O)NCCc1ccccc1)NCC(NC(=O)c1ccccc1)c1ccccc1. The highest BCUT2D eigenvalue weighted by Crippen LogP contribution is 2.23. The van der Waals surface area contributed by atoms with Crippen LogP contribution in [-0.4, -0.2) is 54.3 Å². The van der Waals surface area contributed by atoms with Crippen molar-refractivity contribution in [1.29, 1.82) is 0 Å². The molecule has 4 aromatic rings. The van der Waals surface area contributed by atoms with Gasteiger partial charge in [0.05, 0.1) is 6.04 Å². The molecule has 2 atom stereocenters. The van der Waals surface area contributed by atoms with Gasteiger partial charge in [0.1, 0.15) is 6.04 Å². The van der Waals surface area contributed by atoms with Crippen LogP contribution in [0.3, 0.4) is 0 Å². The smallest absolute Gasteiger partial charge is 0.251 e. The van der Waals surface area contributed by atoms with E-state index in [0.717, 1.165) is 11.1 Å². The third kappa shape index (κ3) is 11.8. The summed E-state index contributed by atoms with van der Waals surface area (Å²) in [6.45, 7) is 0.699. The zero-order valence-electron chi connectivity index (χ0n) is 25.4. The van der Waals surface area contributed by atoms with Crippen LogP contribution < -0.4 is 21.3 Å². The van der Waals surface area contributed by atoms with Crippen LogP contribution in [0.5, 0.6) is 0 Å². The van der Waals surface area contributed by atoms with E-state index in [0.29, 0.717) is 35.6 Å². The lowest BCUT2D eigenvalue weighted by Gasteiger charge is -2.20. The molecule has 238 valence electrons. The van der Waals surface area contributed by atoms with Crippen molar-refractivity contribution in [2.75, 3.05) is 24.6 Å². The average Bonchev–Trinajstić information content (AvgIpc) is 3.10. The van der Waals surface area contributed by atoms with Gasteiger partial charge in [-0.3, -0.25) is 19.2 Å². The van der Waals surface area contributed by atoms with Crippen molar-refractivity contribution in [3.8, 4) is 0 Å². The summed E-state index contributed by atoms with van der Waals surface area (Å²) < 4.78 is 0. The summed E-state index contributed by atoms with van der Waals surface area (Å²) >= 11 is 0. The summed E-state index contributed by atoms with van der Waals surface area (Å²) in [5.41, 5.74) is 3.03. The molecule has 4 rings (SSSR count). The molecule has 46 heavy (non-hydrogen) atoms. The fraction of sp³-hybridized carbons (Fsp3) is 0.222. The van der Waals surface area contributed by atoms with Crippen molar-refractivity contribution >= 4 is 45.2 Å². The molecule has 0 aliphatic rings. The van der Waals surface area contributed by atoms with Crippen LogP contribution in [0.15, 0.2) is 121 Å². The average molecular weight is 655 g/mol. The number of benzene rings is 4. The first kappa shape index (κ1) is 34.3. The summed E-state index contributed by atoms with van der Waals surface area (Å²) in [5.74, 6) is -0.0810. The first-order valence-corrected chi connectivity index (χ1v) is 17.6. The maximum Gasteiger partial charge on any atom is 0.251 e. The van der Waals surface area contributed by atoms with Crippen molar-refractivity contribution < 1.29 is 19.2 Å². The standard InChI is InChI=1S/C36H38N4O4S2/c41-33(38-25-31(28-15-7-2-8-16-28)39-34(42)29-17-9-3-10-18-29)22-24-45-46-26-32(40-35(43)30-19-11-4-12-20-30)36(44)37-23-21-27-13-5-1-6-14-27/h1-20,31-32H,21-26H2,(H,37,44)(H,38,41)(H,39,42)(H,40,43). The Kier molecular flexibility index (Phi) is 14.2. The Balaban J connectivity index is 1.23. The summed E-state index contributed by atoms with van der Waals surface area (Å²) in [5, 5.41) is 11.8. The highest BCUT2D eigenvalue weighted by Gasteiger charge is 2.22. The highest BCUT2D eigenvalue weighted by atomic mass is 33.1. The molecule has 0 aliphatic carbocycles. The van der Waals surface area contributed by atoms with Gasteiger partial charge in [-0.25, -0.2) is 0 Å². The first-order valence-electron chi connectivity index (χ1n) is 15.1. The highest BCUT2D eigenvalue weighted by molar-refractivity contribution is 8.76. The monoisotopic (exact) mass is 654 g/mol. The van der Waals surface area contributed by atoms with E-state index in [-0.39, 0.29) is 36.6 Å². The Hall–Kier alpha value is -4.54. The van der Waals surface area contributed by atoms with Crippen LogP contribution in [-0.2, 0) is 16.0 Å². The number of carbonyl (C=O) groups excluding carboxylic acids is 4. The third-order valence-electron chi connectivity index (χ3n) is 6.99. The Bertz CT molecular complexity index is 1530. The number of hydrogen-bond acceptors (Lipinski definition) is 6. The fourth-order valence-electron chi connectivity index (χ4n) is 4.49. The van der Waals surface area contributed by atoms with Crippen LogP contribution in [0.25, 0.3) is 0 Å². The molecule has 0 bridgehead atoms. The van der Waals surface area contributed by atoms with E-state index < -0.39 is 12.1 Å². The second kappa shape index (κ2) is 19.1. The molecule has 4 aromatic carbocycles. The number of carbonyl (C=O) groups is 4. The van der Waals surface area contributed by atoms with Gasteiger partial charge in [-0.15, -0.1) is 0 Å². The van der Waals surface area contributed by atoms with Gasteiger partial charge >= 0.3 is 0 Å². The van der Waals surface area contributed by atoms with Crippen LogP contribution in [0.1, 0.15) is 44.3 Å². The minimum atomic E-state index is -0.741. The number of hydrogen-bond donors (Lipinski definition) is 4. The van der Waals surface area contributed by atoms with Crippen molar-refractivity contribution in [2.45, 2.75) is 24.9 Å². The second-order valence-corrected chi connectivity index (χ2v) is 13.0. The lowest BCUT2D eigenvalue weighted by atomic mass is 10.1. The van der Waals surface area contributed by atoms with Gasteiger partial charge in [0, 0.05) is 42.1 Å². The number of amides is 4. The molecule has 0 aliphatic heterocycles. The minimum Gasteiger partial charge on any atom is -0.354 e. The zero-order valence-corrected chi connectivity index (χ0v) is 27.0. The maximum absolute atomic E-state index is 13.1. The van der Waals surface area contributed by atoms with Crippen LogP contribution in [0, 0.1) is 0 Å². The van der Waals surface area contributed by atoms with E-state index in [1.54, 1.807) is 36.4 Å². The topological polar surface area (TPSA) is 116 Å². The van der Waals surface area contributed by atoms with Gasteiger partial charge in [0.15, 0.2) is 0 Å². The predicted octanol–water partition coefficient (Wildman–Crippen LogP) is 5.20. The molecular formula is C36H38N4O4S2. The second-order valence-electron chi connectivity index (χ2n) is 10.4. The molecular weight excluding hydrogens is 617 g/mol. The van der Waals surface area contributed by atoms with E-state index >= 15 is 0 Å². The molecule has 10 heteroatoms. The summed E-state index contributed by atoms with van der Waals surface area (Å²) in [4.78, 5) is 51.4. The molecule has 0 saturated carbocycles. The number of rotatable bonds is 17. The van der Waals surface area contributed by atoms with E-state index in [2.05, 4.69) is 21.3 Å². The summed E-state index contributed by atoms with van der Waals surface area (Å²) in [6, 6.07) is 36.0. The van der Waals surface area contributed by atoms with Gasteiger partial charge in [-0.05, 0) is 41.8 Å². The van der Waals surface area contributed by atoms with E-state index in [4.69, 9.17) is 0 Å². The van der Waals surface area contributed by atoms with E-state index in [1.165, 1.54) is 21.6 Å². The first-order chi connectivity index (χ1) is 22.5. The molecule has 2 unspecified atom stereocenters. The minimum absolute atomic E-state index is 0.143. The lowest BCUT2D eigenvalue weighted by Crippen LogP contribution is -2.48. The molecule has 4 amide bonds. The van der Waals surface area contributed by atoms with Crippen molar-refractivity contribution in [3.63, 3.8) is 0 Å². The van der Waals surface area contributed by atoms with Gasteiger partial charge in [-0.1, -0.05) is 119 Å². The van der Waals surface area contributed by atoms with Crippen LogP contribution in [0.4, 0.5) is 0 Å². The molecule has 0 spiro atoms. The van der Waals surface area contributed by atoms with Gasteiger partial charge < -0.3 is 21.3 Å². The van der Waals surface area contributed by atoms with Crippen LogP contribution >= 0.6 is 21.6 Å². The molecule has 0 saturated heterocycles. The van der Waals surface area contributed by atoms with Gasteiger partial charge in [0.25, 0.3) is 11.8 Å². The zero-order chi connectivity index (χ0) is 32.4. The Morgan fingerprint density at radius 1 is 0.609 bits per heavy atom. The van der Waals surface area contributed by atoms with Gasteiger partial charge in [0.2, 0.25) is 11.8 Å². The molecule has 0 heterocycles. The third-order valence-corrected chi connectivity index (χ3v) is 9.41. The van der Waals surface area contributed by atoms with Crippen LogP contribution in [0.2, 0.25) is 0 Å². The largest absolute Gasteiger partial charge is 0.354 e. The molecule has 0 fully saturated rings. The summed E-state index contributed by atoms with van der Waals surface area (Å²) in [6.07, 6.45) is 0.945. The van der Waals surface area contributed by atoms with Crippen molar-refractivity contribution in [1.82, 2.24) is 21.3 Å². The predicted molar refractivity (Wildman–Crippen MR) is 186 cm³/mol. The molecule has 8 nitrogen and oxygen atoms in total. The maximum atomic E-state index is 13.1. The van der Waals surface area contributed by atoms with Crippen molar-refractivity contribution in [3.05, 3.63) is 144 Å². The van der Waals surface area contributed by atoms with Crippen molar-refractivity contribution in [2.24, 2.45) is 0 Å². The Labute approximate surface area is 277 Å². The normalized spacial score (nSPS) is 11.9. The summed E-state index contributed by atoms with van der Waals surface area (Å²) in [7, 11) is 2.89.